The molecule has 0 atom stereocenters. The maximum atomic E-state index is 8.96. The second-order valence-electron chi connectivity index (χ2n) is 4.82. The highest BCUT2D eigenvalue weighted by molar-refractivity contribution is 6.31. The van der Waals surface area contributed by atoms with Gasteiger partial charge in [0.25, 0.3) is 0 Å². The summed E-state index contributed by atoms with van der Waals surface area (Å²) in [5, 5.41) is 9.62. The van der Waals surface area contributed by atoms with Crippen molar-refractivity contribution < 1.29 is 5.11 Å². The van der Waals surface area contributed by atoms with Crippen LogP contribution in [0.3, 0.4) is 0 Å². The fourth-order valence-corrected chi connectivity index (χ4v) is 1.70. The second-order valence-corrected chi connectivity index (χ2v) is 5.23. The molecule has 0 unspecified atom stereocenters. The lowest BCUT2D eigenvalue weighted by Gasteiger charge is -2.18. The van der Waals surface area contributed by atoms with E-state index in [0.29, 0.717) is 5.02 Å². The van der Waals surface area contributed by atoms with Gasteiger partial charge >= 0.3 is 0 Å². The smallest absolute Gasteiger partial charge is 0.0696 e. The van der Waals surface area contributed by atoms with Crippen molar-refractivity contribution >= 4 is 11.6 Å². The molecule has 0 bridgehead atoms. The molecule has 1 aromatic rings. The van der Waals surface area contributed by atoms with Crippen LogP contribution in [-0.2, 0) is 13.0 Å². The van der Waals surface area contributed by atoms with Crippen LogP contribution in [0.5, 0.6) is 0 Å². The zero-order valence-corrected chi connectivity index (χ0v) is 9.73. The minimum atomic E-state index is 0.00856. The lowest BCUT2D eigenvalue weighted by atomic mass is 9.88. The van der Waals surface area contributed by atoms with E-state index < -0.39 is 0 Å². The summed E-state index contributed by atoms with van der Waals surface area (Å²) in [7, 11) is 0. The molecule has 1 aromatic carbocycles. The first kappa shape index (κ1) is 11.5. The molecule has 1 nitrogen and oxygen atoms in total. The molecule has 0 aliphatic carbocycles. The molecule has 0 heterocycles. The molecule has 0 saturated carbocycles. The summed E-state index contributed by atoms with van der Waals surface area (Å²) >= 11 is 6.00. The zero-order chi connectivity index (χ0) is 10.8. The van der Waals surface area contributed by atoms with E-state index in [2.05, 4.69) is 20.8 Å². The number of halogens is 1. The van der Waals surface area contributed by atoms with Gasteiger partial charge in [-0.25, -0.2) is 0 Å². The molecule has 14 heavy (non-hydrogen) atoms. The molecule has 0 spiro atoms. The number of benzene rings is 1. The largest absolute Gasteiger partial charge is 0.392 e. The van der Waals surface area contributed by atoms with E-state index >= 15 is 0 Å². The van der Waals surface area contributed by atoms with Gasteiger partial charge in [-0.15, -0.1) is 0 Å². The van der Waals surface area contributed by atoms with Gasteiger partial charge in [0.2, 0.25) is 0 Å². The molecule has 0 radical (unpaired) electrons. The van der Waals surface area contributed by atoms with E-state index in [1.54, 1.807) is 0 Å². The van der Waals surface area contributed by atoms with Crippen LogP contribution in [0.15, 0.2) is 18.2 Å². The van der Waals surface area contributed by atoms with Crippen molar-refractivity contribution in [1.82, 2.24) is 0 Å². The topological polar surface area (TPSA) is 20.2 Å². The Morgan fingerprint density at radius 3 is 2.36 bits per heavy atom. The van der Waals surface area contributed by atoms with Crippen LogP contribution in [0.4, 0.5) is 0 Å². The first-order valence-corrected chi connectivity index (χ1v) is 5.18. The Labute approximate surface area is 90.7 Å². The van der Waals surface area contributed by atoms with Crippen LogP contribution >= 0.6 is 11.6 Å². The highest BCUT2D eigenvalue weighted by Crippen LogP contribution is 2.24. The zero-order valence-electron chi connectivity index (χ0n) is 8.97. The van der Waals surface area contributed by atoms with E-state index in [0.717, 1.165) is 12.0 Å². The first-order valence-electron chi connectivity index (χ1n) is 4.80. The standard InChI is InChI=1S/C12H17ClO/c1-12(2,3)7-9-4-5-10(8-14)11(13)6-9/h4-6,14H,7-8H2,1-3H3. The predicted molar refractivity (Wildman–Crippen MR) is 60.5 cm³/mol. The van der Waals surface area contributed by atoms with Crippen LogP contribution in [0.25, 0.3) is 0 Å². The van der Waals surface area contributed by atoms with Gasteiger partial charge in [0.15, 0.2) is 0 Å². The minimum Gasteiger partial charge on any atom is -0.392 e. The molecule has 0 saturated heterocycles. The highest BCUT2D eigenvalue weighted by atomic mass is 35.5. The van der Waals surface area contributed by atoms with Crippen molar-refractivity contribution in [3.05, 3.63) is 34.3 Å². The van der Waals surface area contributed by atoms with Crippen LogP contribution in [-0.4, -0.2) is 5.11 Å². The molecule has 0 fully saturated rings. The molecule has 0 aliphatic heterocycles. The quantitative estimate of drug-likeness (QED) is 0.797. The third-order valence-corrected chi connectivity index (χ3v) is 2.37. The average Bonchev–Trinajstić information content (AvgIpc) is 2.01. The summed E-state index contributed by atoms with van der Waals surface area (Å²) in [4.78, 5) is 0. The lowest BCUT2D eigenvalue weighted by Crippen LogP contribution is -2.09. The summed E-state index contributed by atoms with van der Waals surface area (Å²) in [6.07, 6.45) is 0.998. The first-order chi connectivity index (χ1) is 6.42. The molecule has 1 N–H and O–H groups in total. The highest BCUT2D eigenvalue weighted by Gasteiger charge is 2.11. The molecule has 2 heteroatoms. The van der Waals surface area contributed by atoms with E-state index in [1.165, 1.54) is 5.56 Å². The Balaban J connectivity index is 2.87. The fourth-order valence-electron chi connectivity index (χ4n) is 1.44. The third-order valence-electron chi connectivity index (χ3n) is 2.02. The number of aliphatic hydroxyl groups excluding tert-OH is 1. The number of hydrogen-bond donors (Lipinski definition) is 1. The van der Waals surface area contributed by atoms with Crippen LogP contribution in [0.2, 0.25) is 5.02 Å². The molecular weight excluding hydrogens is 196 g/mol. The molecule has 0 aliphatic rings. The molecule has 78 valence electrons. The Morgan fingerprint density at radius 1 is 1.29 bits per heavy atom. The van der Waals surface area contributed by atoms with Crippen LogP contribution < -0.4 is 0 Å². The van der Waals surface area contributed by atoms with Gasteiger partial charge in [-0.2, -0.15) is 0 Å². The number of hydrogen-bond acceptors (Lipinski definition) is 1. The number of aliphatic hydroxyl groups is 1. The van der Waals surface area contributed by atoms with Gasteiger partial charge in [0, 0.05) is 5.02 Å². The minimum absolute atomic E-state index is 0.00856. The van der Waals surface area contributed by atoms with E-state index in [9.17, 15) is 0 Å². The van der Waals surface area contributed by atoms with Gasteiger partial charge in [-0.3, -0.25) is 0 Å². The third kappa shape index (κ3) is 3.32. The van der Waals surface area contributed by atoms with E-state index in [4.69, 9.17) is 16.7 Å². The van der Waals surface area contributed by atoms with Gasteiger partial charge in [-0.1, -0.05) is 44.5 Å². The van der Waals surface area contributed by atoms with Crippen molar-refractivity contribution in [1.29, 1.82) is 0 Å². The van der Waals surface area contributed by atoms with Gasteiger partial charge in [-0.05, 0) is 29.0 Å². The Kier molecular flexibility index (Phi) is 3.57. The fraction of sp³-hybridized carbons (Fsp3) is 0.500. The maximum Gasteiger partial charge on any atom is 0.0696 e. The lowest BCUT2D eigenvalue weighted by molar-refractivity contribution is 0.282. The number of rotatable bonds is 2. The molecule has 0 aromatic heterocycles. The second kappa shape index (κ2) is 4.33. The van der Waals surface area contributed by atoms with E-state index in [1.807, 2.05) is 18.2 Å². The Bertz CT molecular complexity index is 313. The molecular formula is C12H17ClO. The summed E-state index contributed by atoms with van der Waals surface area (Å²) in [5.41, 5.74) is 2.29. The SMILES string of the molecule is CC(C)(C)Cc1ccc(CO)c(Cl)c1. The Hall–Kier alpha value is -0.530. The van der Waals surface area contributed by atoms with Crippen LogP contribution in [0.1, 0.15) is 31.9 Å². The monoisotopic (exact) mass is 212 g/mol. The normalized spacial score (nSPS) is 11.8. The van der Waals surface area contributed by atoms with E-state index in [-0.39, 0.29) is 12.0 Å². The summed E-state index contributed by atoms with van der Waals surface area (Å²) < 4.78 is 0. The maximum absolute atomic E-state index is 8.96. The van der Waals surface area contributed by atoms with Gasteiger partial charge in [0.05, 0.1) is 6.61 Å². The van der Waals surface area contributed by atoms with Gasteiger partial charge < -0.3 is 5.11 Å². The van der Waals surface area contributed by atoms with Crippen molar-refractivity contribution in [2.24, 2.45) is 5.41 Å². The Morgan fingerprint density at radius 2 is 1.93 bits per heavy atom. The van der Waals surface area contributed by atoms with Crippen molar-refractivity contribution in [2.45, 2.75) is 33.8 Å². The van der Waals surface area contributed by atoms with Crippen molar-refractivity contribution in [3.63, 3.8) is 0 Å². The van der Waals surface area contributed by atoms with Crippen molar-refractivity contribution in [2.75, 3.05) is 0 Å². The summed E-state index contributed by atoms with van der Waals surface area (Å²) in [6.45, 7) is 6.59. The average molecular weight is 213 g/mol. The molecule has 0 amide bonds. The van der Waals surface area contributed by atoms with Gasteiger partial charge in [0.1, 0.15) is 0 Å². The van der Waals surface area contributed by atoms with Crippen molar-refractivity contribution in [3.8, 4) is 0 Å². The predicted octanol–water partition coefficient (Wildman–Crippen LogP) is 3.42. The summed E-state index contributed by atoms with van der Waals surface area (Å²) in [5.74, 6) is 0. The van der Waals surface area contributed by atoms with Crippen LogP contribution in [0, 0.1) is 5.41 Å². The molecule has 1 rings (SSSR count). The summed E-state index contributed by atoms with van der Waals surface area (Å²) in [6, 6.07) is 5.87.